The van der Waals surface area contributed by atoms with Crippen molar-refractivity contribution in [1.29, 1.82) is 0 Å². The van der Waals surface area contributed by atoms with Crippen molar-refractivity contribution in [3.05, 3.63) is 0 Å². The molecule has 1 rings (SSSR count). The number of hydrogen-bond donors (Lipinski definition) is 2. The van der Waals surface area contributed by atoms with Crippen LogP contribution >= 0.6 is 46.8 Å². The molecule has 0 radical (unpaired) electrons. The third kappa shape index (κ3) is 1.69. The Hall–Kier alpha value is 1.40. The smallest absolute Gasteiger partial charge is 0.0617 e. The predicted molar refractivity (Wildman–Crippen MR) is 50.2 cm³/mol. The third-order valence-electron chi connectivity index (χ3n) is 1.18. The fourth-order valence-corrected chi connectivity index (χ4v) is 3.02. The van der Waals surface area contributed by atoms with E-state index in [1.165, 1.54) is 11.5 Å². The van der Waals surface area contributed by atoms with E-state index in [-0.39, 0.29) is 0 Å². The second-order valence-corrected chi connectivity index (χ2v) is 5.13. The predicted octanol–water partition coefficient (Wildman–Crippen LogP) is 2.18. The summed E-state index contributed by atoms with van der Waals surface area (Å²) in [7, 11) is 1.55. The summed E-state index contributed by atoms with van der Waals surface area (Å²) in [4.78, 5) is 0. The van der Waals surface area contributed by atoms with Gasteiger partial charge in [-0.1, -0.05) is 10.8 Å². The molecule has 0 aromatic heterocycles. The van der Waals surface area contributed by atoms with Gasteiger partial charge in [-0.2, -0.15) is 24.4 Å². The number of thiol groups is 2. The van der Waals surface area contributed by atoms with Crippen molar-refractivity contribution < 1.29 is 0 Å². The molecular weight excluding hydrogens is 176 g/mol. The summed E-state index contributed by atoms with van der Waals surface area (Å²) in [5, 5.41) is 0. The summed E-state index contributed by atoms with van der Waals surface area (Å²) in [5.74, 6) is 3.37. The molecule has 1 atom stereocenters. The maximum absolute atomic E-state index is 4.33. The van der Waals surface area contributed by atoms with Crippen molar-refractivity contribution >= 4 is 46.8 Å². The molecule has 0 aromatic rings. The van der Waals surface area contributed by atoms with Gasteiger partial charge in [0.05, 0.1) is 4.58 Å². The average molecular weight is 184 g/mol. The average Bonchev–Trinajstić information content (AvgIpc) is 1.62. The lowest BCUT2D eigenvalue weighted by molar-refractivity contribution is 0.712. The molecule has 1 unspecified atom stereocenters. The zero-order valence-electron chi connectivity index (χ0n) is 4.28. The molecule has 0 saturated carbocycles. The first-order valence-electron chi connectivity index (χ1n) is 2.40. The molecule has 0 aliphatic carbocycles. The molecule has 0 N–H and O–H groups in total. The standard InChI is InChI=1S/C4H8S4/c5-4(8-6)3-1-7-2-3/h3-6H,1-2H2. The molecule has 1 heterocycles. The molecule has 1 saturated heterocycles. The number of thioether (sulfide) groups is 1. The molecule has 0 aromatic carbocycles. The fraction of sp³-hybridized carbons (Fsp3) is 1.00. The van der Waals surface area contributed by atoms with Crippen LogP contribution in [0.4, 0.5) is 0 Å². The minimum absolute atomic E-state index is 0.458. The van der Waals surface area contributed by atoms with Gasteiger partial charge >= 0.3 is 0 Å². The van der Waals surface area contributed by atoms with E-state index in [0.29, 0.717) is 4.58 Å². The number of hydrogen-bond acceptors (Lipinski definition) is 4. The first kappa shape index (κ1) is 7.51. The van der Waals surface area contributed by atoms with Crippen LogP contribution in [-0.2, 0) is 0 Å². The molecule has 4 heteroatoms. The molecule has 0 nitrogen and oxygen atoms in total. The molecular formula is C4H8S4. The quantitative estimate of drug-likeness (QED) is 0.383. The lowest BCUT2D eigenvalue weighted by Gasteiger charge is -2.28. The van der Waals surface area contributed by atoms with Crippen LogP contribution < -0.4 is 0 Å². The first-order chi connectivity index (χ1) is 3.84. The van der Waals surface area contributed by atoms with Crippen molar-refractivity contribution in [2.75, 3.05) is 11.5 Å². The van der Waals surface area contributed by atoms with E-state index in [1.807, 2.05) is 11.8 Å². The van der Waals surface area contributed by atoms with Gasteiger partial charge in [0.25, 0.3) is 0 Å². The Kier molecular flexibility index (Phi) is 3.32. The highest BCUT2D eigenvalue weighted by Crippen LogP contribution is 2.36. The Bertz CT molecular complexity index is 67.7. The molecule has 0 bridgehead atoms. The van der Waals surface area contributed by atoms with Gasteiger partial charge < -0.3 is 0 Å². The van der Waals surface area contributed by atoms with Crippen LogP contribution in [0.5, 0.6) is 0 Å². The van der Waals surface area contributed by atoms with Gasteiger partial charge in [-0.3, -0.25) is 0 Å². The van der Waals surface area contributed by atoms with Crippen LogP contribution in [0.2, 0.25) is 0 Å². The molecule has 0 spiro atoms. The minimum Gasteiger partial charge on any atom is -0.164 e. The van der Waals surface area contributed by atoms with Crippen LogP contribution in [0.1, 0.15) is 0 Å². The lowest BCUT2D eigenvalue weighted by atomic mass is 10.2. The van der Waals surface area contributed by atoms with E-state index in [1.54, 1.807) is 10.8 Å². The Balaban J connectivity index is 2.13. The van der Waals surface area contributed by atoms with E-state index in [4.69, 9.17) is 0 Å². The zero-order chi connectivity index (χ0) is 5.98. The van der Waals surface area contributed by atoms with Gasteiger partial charge in [0.2, 0.25) is 0 Å². The maximum atomic E-state index is 4.33. The summed E-state index contributed by atoms with van der Waals surface area (Å²) in [5.41, 5.74) is 0. The normalized spacial score (nSPS) is 24.8. The fourth-order valence-electron chi connectivity index (χ4n) is 0.505. The molecule has 8 heavy (non-hydrogen) atoms. The van der Waals surface area contributed by atoms with Crippen molar-refractivity contribution in [1.82, 2.24) is 0 Å². The number of rotatable bonds is 2. The second-order valence-electron chi connectivity index (χ2n) is 1.79. The van der Waals surface area contributed by atoms with Crippen LogP contribution in [-0.4, -0.2) is 16.1 Å². The van der Waals surface area contributed by atoms with Gasteiger partial charge in [0, 0.05) is 0 Å². The van der Waals surface area contributed by atoms with E-state index in [2.05, 4.69) is 24.3 Å². The van der Waals surface area contributed by atoms with Gasteiger partial charge in [-0.15, -0.1) is 11.7 Å². The van der Waals surface area contributed by atoms with Crippen molar-refractivity contribution in [2.45, 2.75) is 4.58 Å². The molecule has 1 aliphatic heterocycles. The molecule has 48 valence electrons. The van der Waals surface area contributed by atoms with Gasteiger partial charge in [0.15, 0.2) is 0 Å². The summed E-state index contributed by atoms with van der Waals surface area (Å²) in [6.45, 7) is 0. The van der Waals surface area contributed by atoms with Gasteiger partial charge in [-0.25, -0.2) is 0 Å². The van der Waals surface area contributed by atoms with Gasteiger partial charge in [-0.05, 0) is 17.4 Å². The van der Waals surface area contributed by atoms with Gasteiger partial charge in [0.1, 0.15) is 0 Å². The van der Waals surface area contributed by atoms with Crippen LogP contribution in [0.3, 0.4) is 0 Å². The van der Waals surface area contributed by atoms with E-state index in [0.717, 1.165) is 5.92 Å². The highest BCUT2D eigenvalue weighted by Gasteiger charge is 2.24. The third-order valence-corrected chi connectivity index (χ3v) is 5.02. The summed E-state index contributed by atoms with van der Waals surface area (Å²) >= 11 is 10.4. The minimum atomic E-state index is 0.458. The lowest BCUT2D eigenvalue weighted by Crippen LogP contribution is -2.25. The Morgan fingerprint density at radius 1 is 1.62 bits per heavy atom. The summed E-state index contributed by atoms with van der Waals surface area (Å²) in [6, 6.07) is 0. The van der Waals surface area contributed by atoms with Crippen LogP contribution in [0.15, 0.2) is 0 Å². The Labute approximate surface area is 68.8 Å². The SMILES string of the molecule is SSC(S)C1CSC1. The van der Waals surface area contributed by atoms with E-state index < -0.39 is 0 Å². The highest BCUT2D eigenvalue weighted by molar-refractivity contribution is 8.70. The Morgan fingerprint density at radius 2 is 2.25 bits per heavy atom. The largest absolute Gasteiger partial charge is 0.164 e. The Morgan fingerprint density at radius 3 is 2.38 bits per heavy atom. The topological polar surface area (TPSA) is 0 Å². The van der Waals surface area contributed by atoms with Crippen molar-refractivity contribution in [3.63, 3.8) is 0 Å². The maximum Gasteiger partial charge on any atom is 0.0617 e. The van der Waals surface area contributed by atoms with Crippen LogP contribution in [0.25, 0.3) is 0 Å². The van der Waals surface area contributed by atoms with Crippen molar-refractivity contribution in [2.24, 2.45) is 5.92 Å². The van der Waals surface area contributed by atoms with Crippen molar-refractivity contribution in [3.8, 4) is 0 Å². The molecule has 1 aliphatic rings. The van der Waals surface area contributed by atoms with E-state index >= 15 is 0 Å². The highest BCUT2D eigenvalue weighted by atomic mass is 33.1. The summed E-state index contributed by atoms with van der Waals surface area (Å²) < 4.78 is 0.458. The molecule has 0 amide bonds. The first-order valence-corrected chi connectivity index (χ1v) is 6.01. The second kappa shape index (κ2) is 3.54. The zero-order valence-corrected chi connectivity index (χ0v) is 7.70. The van der Waals surface area contributed by atoms with Crippen LogP contribution in [0, 0.1) is 5.92 Å². The van der Waals surface area contributed by atoms with E-state index in [9.17, 15) is 0 Å². The monoisotopic (exact) mass is 184 g/mol. The summed E-state index contributed by atoms with van der Waals surface area (Å²) in [6.07, 6.45) is 0. The molecule has 1 fully saturated rings.